The molecule has 1 saturated heterocycles. The van der Waals surface area contributed by atoms with Crippen LogP contribution in [-0.4, -0.2) is 17.0 Å². The van der Waals surface area contributed by atoms with Crippen molar-refractivity contribution in [2.24, 2.45) is 0 Å². The molecule has 3 rings (SSSR count). The number of aryl methyl sites for hydroxylation is 1. The maximum absolute atomic E-state index is 12.3. The van der Waals surface area contributed by atoms with E-state index in [-0.39, 0.29) is 24.1 Å². The fourth-order valence-corrected chi connectivity index (χ4v) is 2.28. The highest BCUT2D eigenvalue weighted by atomic mass is 16.5. The van der Waals surface area contributed by atoms with Crippen molar-refractivity contribution in [3.05, 3.63) is 47.7 Å². The minimum Gasteiger partial charge on any atom is -0.360 e. The minimum atomic E-state index is -0.425. The fourth-order valence-electron chi connectivity index (χ4n) is 2.28. The van der Waals surface area contributed by atoms with Gasteiger partial charge in [0.05, 0.1) is 5.92 Å². The number of amides is 2. The molecule has 1 atom stereocenters. The highest BCUT2D eigenvalue weighted by Crippen LogP contribution is 2.32. The van der Waals surface area contributed by atoms with Crippen molar-refractivity contribution < 1.29 is 14.1 Å². The Morgan fingerprint density at radius 1 is 1.26 bits per heavy atom. The molecule has 1 aromatic carbocycles. The van der Waals surface area contributed by atoms with E-state index in [2.05, 4.69) is 5.16 Å². The molecular formula is C14H12N2O3. The Balaban J connectivity index is 1.94. The zero-order chi connectivity index (χ0) is 13.4. The molecular weight excluding hydrogens is 244 g/mol. The molecule has 5 heteroatoms. The molecule has 0 radical (unpaired) electrons. The van der Waals surface area contributed by atoms with Gasteiger partial charge in [0.2, 0.25) is 11.8 Å². The SMILES string of the molecule is Cc1cc(N2C(=O)C[C@H](c3ccccc3)C2=O)no1. The lowest BCUT2D eigenvalue weighted by molar-refractivity contribution is -0.121. The van der Waals surface area contributed by atoms with Crippen LogP contribution in [0.15, 0.2) is 40.9 Å². The summed E-state index contributed by atoms with van der Waals surface area (Å²) in [6.45, 7) is 1.72. The Hall–Kier alpha value is -2.43. The summed E-state index contributed by atoms with van der Waals surface area (Å²) in [6.07, 6.45) is 0.175. The monoisotopic (exact) mass is 256 g/mol. The lowest BCUT2D eigenvalue weighted by atomic mass is 9.98. The first-order valence-corrected chi connectivity index (χ1v) is 6.02. The molecule has 1 aromatic heterocycles. The summed E-state index contributed by atoms with van der Waals surface area (Å²) in [7, 11) is 0. The number of imide groups is 1. The maximum atomic E-state index is 12.3. The molecule has 5 nitrogen and oxygen atoms in total. The van der Waals surface area contributed by atoms with Crippen molar-refractivity contribution in [3.8, 4) is 0 Å². The quantitative estimate of drug-likeness (QED) is 0.771. The smallest absolute Gasteiger partial charge is 0.243 e. The molecule has 0 N–H and O–H groups in total. The topological polar surface area (TPSA) is 63.4 Å². The van der Waals surface area contributed by atoms with Crippen molar-refractivity contribution >= 4 is 17.6 Å². The van der Waals surface area contributed by atoms with Crippen LogP contribution in [0, 0.1) is 6.92 Å². The summed E-state index contributed by atoms with van der Waals surface area (Å²) in [6, 6.07) is 10.9. The van der Waals surface area contributed by atoms with Gasteiger partial charge in [0.1, 0.15) is 5.76 Å². The van der Waals surface area contributed by atoms with Crippen molar-refractivity contribution in [2.45, 2.75) is 19.3 Å². The van der Waals surface area contributed by atoms with Crippen molar-refractivity contribution in [2.75, 3.05) is 4.90 Å². The van der Waals surface area contributed by atoms with Gasteiger partial charge >= 0.3 is 0 Å². The summed E-state index contributed by atoms with van der Waals surface area (Å²) in [5.41, 5.74) is 0.851. The largest absolute Gasteiger partial charge is 0.360 e. The van der Waals surface area contributed by atoms with E-state index in [1.165, 1.54) is 0 Å². The van der Waals surface area contributed by atoms with Gasteiger partial charge in [-0.05, 0) is 12.5 Å². The highest BCUT2D eigenvalue weighted by Gasteiger charge is 2.41. The van der Waals surface area contributed by atoms with Crippen LogP contribution in [0.1, 0.15) is 23.7 Å². The van der Waals surface area contributed by atoms with Crippen LogP contribution in [0.5, 0.6) is 0 Å². The predicted octanol–water partition coefficient (Wildman–Crippen LogP) is 2.03. The van der Waals surface area contributed by atoms with Gasteiger partial charge in [0.25, 0.3) is 0 Å². The normalized spacial score (nSPS) is 19.2. The molecule has 1 aliphatic rings. The first kappa shape index (κ1) is 11.6. The average molecular weight is 256 g/mol. The van der Waals surface area contributed by atoms with Crippen molar-refractivity contribution in [3.63, 3.8) is 0 Å². The number of hydrogen-bond donors (Lipinski definition) is 0. The van der Waals surface area contributed by atoms with E-state index in [0.29, 0.717) is 5.76 Å². The molecule has 0 spiro atoms. The molecule has 0 unspecified atom stereocenters. The van der Waals surface area contributed by atoms with E-state index in [0.717, 1.165) is 10.5 Å². The van der Waals surface area contributed by atoms with Crippen LogP contribution in [0.2, 0.25) is 0 Å². The second-order valence-electron chi connectivity index (χ2n) is 4.53. The van der Waals surface area contributed by atoms with Gasteiger partial charge in [-0.25, -0.2) is 4.90 Å². The van der Waals surface area contributed by atoms with Crippen LogP contribution in [0.3, 0.4) is 0 Å². The minimum absolute atomic E-state index is 0.175. The first-order valence-electron chi connectivity index (χ1n) is 6.02. The molecule has 2 aromatic rings. The van der Waals surface area contributed by atoms with Gasteiger partial charge in [0, 0.05) is 12.5 Å². The lowest BCUT2D eigenvalue weighted by Gasteiger charge is -2.11. The van der Waals surface area contributed by atoms with Crippen molar-refractivity contribution in [1.82, 2.24) is 5.16 Å². The summed E-state index contributed by atoms with van der Waals surface area (Å²) in [5, 5.41) is 3.74. The van der Waals surface area contributed by atoms with E-state index in [1.807, 2.05) is 30.3 Å². The van der Waals surface area contributed by atoms with Gasteiger partial charge in [-0.3, -0.25) is 9.59 Å². The molecule has 0 bridgehead atoms. The molecule has 1 aliphatic heterocycles. The number of anilines is 1. The number of nitrogens with zero attached hydrogens (tertiary/aromatic N) is 2. The zero-order valence-electron chi connectivity index (χ0n) is 10.4. The number of hydrogen-bond acceptors (Lipinski definition) is 4. The molecule has 96 valence electrons. The number of carbonyl (C=O) groups excluding carboxylic acids is 2. The Labute approximate surface area is 109 Å². The van der Waals surface area contributed by atoms with Gasteiger partial charge in [-0.15, -0.1) is 0 Å². The highest BCUT2D eigenvalue weighted by molar-refractivity contribution is 6.22. The number of aromatic nitrogens is 1. The van der Waals surface area contributed by atoms with Crippen LogP contribution in [0.4, 0.5) is 5.82 Å². The second-order valence-corrected chi connectivity index (χ2v) is 4.53. The first-order chi connectivity index (χ1) is 9.16. The molecule has 0 aliphatic carbocycles. The van der Waals surface area contributed by atoms with Crippen LogP contribution in [-0.2, 0) is 9.59 Å². The number of benzene rings is 1. The van der Waals surface area contributed by atoms with E-state index in [4.69, 9.17) is 4.52 Å². The van der Waals surface area contributed by atoms with E-state index >= 15 is 0 Å². The molecule has 1 fully saturated rings. The Kier molecular flexibility index (Phi) is 2.67. The van der Waals surface area contributed by atoms with Gasteiger partial charge < -0.3 is 4.52 Å². The van der Waals surface area contributed by atoms with Gasteiger partial charge in [-0.2, -0.15) is 0 Å². The third-order valence-corrected chi connectivity index (χ3v) is 3.19. The zero-order valence-corrected chi connectivity index (χ0v) is 10.4. The summed E-state index contributed by atoms with van der Waals surface area (Å²) < 4.78 is 4.92. The van der Waals surface area contributed by atoms with Gasteiger partial charge in [0.15, 0.2) is 5.82 Å². The third kappa shape index (κ3) is 1.93. The molecule has 2 amide bonds. The number of carbonyl (C=O) groups is 2. The Bertz CT molecular complexity index is 633. The van der Waals surface area contributed by atoms with Crippen LogP contribution < -0.4 is 4.90 Å². The molecule has 2 heterocycles. The van der Waals surface area contributed by atoms with E-state index < -0.39 is 5.92 Å². The Morgan fingerprint density at radius 3 is 2.63 bits per heavy atom. The number of rotatable bonds is 2. The third-order valence-electron chi connectivity index (χ3n) is 3.19. The van der Waals surface area contributed by atoms with E-state index in [9.17, 15) is 9.59 Å². The van der Waals surface area contributed by atoms with Crippen LogP contribution >= 0.6 is 0 Å². The van der Waals surface area contributed by atoms with Crippen LogP contribution in [0.25, 0.3) is 0 Å². The van der Waals surface area contributed by atoms with Crippen molar-refractivity contribution in [1.29, 1.82) is 0 Å². The summed E-state index contributed by atoms with van der Waals surface area (Å²) >= 11 is 0. The summed E-state index contributed by atoms with van der Waals surface area (Å²) in [4.78, 5) is 25.5. The summed E-state index contributed by atoms with van der Waals surface area (Å²) in [5.74, 6) is -0.0768. The standard InChI is InChI=1S/C14H12N2O3/c1-9-7-12(15-19-9)16-13(17)8-11(14(16)18)10-5-3-2-4-6-10/h2-7,11H,8H2,1H3/t11-/m1/s1. The average Bonchev–Trinajstić information content (AvgIpc) is 2.95. The lowest BCUT2D eigenvalue weighted by Crippen LogP contribution is -2.30. The van der Waals surface area contributed by atoms with Gasteiger partial charge in [-0.1, -0.05) is 35.5 Å². The van der Waals surface area contributed by atoms with E-state index in [1.54, 1.807) is 13.0 Å². The molecule has 0 saturated carbocycles. The second kappa shape index (κ2) is 4.35. The predicted molar refractivity (Wildman–Crippen MR) is 67.5 cm³/mol. The Morgan fingerprint density at radius 2 is 2.00 bits per heavy atom. The fraction of sp³-hybridized carbons (Fsp3) is 0.214. The maximum Gasteiger partial charge on any atom is 0.243 e. The molecule has 19 heavy (non-hydrogen) atoms.